The van der Waals surface area contributed by atoms with E-state index in [0.29, 0.717) is 68.9 Å². The molecule has 2 heterocycles. The summed E-state index contributed by atoms with van der Waals surface area (Å²) >= 11 is 0. The number of hydrogen-bond acceptors (Lipinski definition) is 6. The number of nitrogens with zero attached hydrogens (tertiary/aromatic N) is 4. The van der Waals surface area contributed by atoms with Crippen LogP contribution in [0.1, 0.15) is 30.6 Å². The highest BCUT2D eigenvalue weighted by molar-refractivity contribution is 7.86. The van der Waals surface area contributed by atoms with Gasteiger partial charge in [0.15, 0.2) is 11.5 Å². The molecule has 3 rings (SSSR count). The standard InChI is InChI=1S/C22H36N4O5S/c1-18(2)7-16-31-20-6-5-19(17-21(20)30-4)22(27)24-10-14-26(15-11-24)32(28,29)25-12-8-23(3)9-13-25/h5-6,17-18H,7-16H2,1-4H3. The fourth-order valence-electron chi connectivity index (χ4n) is 3.81. The minimum absolute atomic E-state index is 0.131. The molecule has 0 unspecified atom stereocenters. The largest absolute Gasteiger partial charge is 0.493 e. The number of benzene rings is 1. The molecular formula is C22H36N4O5S. The van der Waals surface area contributed by atoms with Gasteiger partial charge in [0.05, 0.1) is 13.7 Å². The van der Waals surface area contributed by atoms with E-state index in [9.17, 15) is 13.2 Å². The number of rotatable bonds is 8. The maximum Gasteiger partial charge on any atom is 0.282 e. The number of hydrogen-bond donors (Lipinski definition) is 0. The molecule has 2 fully saturated rings. The maximum atomic E-state index is 13.0. The SMILES string of the molecule is COc1cc(C(=O)N2CCN(S(=O)(=O)N3CCN(C)CC3)CC2)ccc1OCCC(C)C. The van der Waals surface area contributed by atoms with E-state index in [0.717, 1.165) is 19.5 Å². The fraction of sp³-hybridized carbons (Fsp3) is 0.682. The summed E-state index contributed by atoms with van der Waals surface area (Å²) < 4.78 is 40.2. The second-order valence-corrected chi connectivity index (χ2v) is 10.7. The zero-order chi connectivity index (χ0) is 23.3. The number of methoxy groups -OCH3 is 1. The molecule has 0 radical (unpaired) electrons. The second-order valence-electron chi connectivity index (χ2n) is 8.80. The molecule has 0 aliphatic carbocycles. The van der Waals surface area contributed by atoms with Gasteiger partial charge in [0.1, 0.15) is 0 Å². The Hall–Kier alpha value is -1.88. The second kappa shape index (κ2) is 10.8. The van der Waals surface area contributed by atoms with Crippen LogP contribution >= 0.6 is 0 Å². The van der Waals surface area contributed by atoms with Crippen molar-refractivity contribution in [3.63, 3.8) is 0 Å². The Labute approximate surface area is 192 Å². The first-order valence-electron chi connectivity index (χ1n) is 11.3. The molecule has 0 bridgehead atoms. The van der Waals surface area contributed by atoms with Crippen molar-refractivity contribution in [1.29, 1.82) is 0 Å². The number of amides is 1. The van der Waals surface area contributed by atoms with Gasteiger partial charge in [0.25, 0.3) is 16.1 Å². The molecule has 9 nitrogen and oxygen atoms in total. The highest BCUT2D eigenvalue weighted by Crippen LogP contribution is 2.29. The van der Waals surface area contributed by atoms with Gasteiger partial charge in [-0.05, 0) is 37.6 Å². The normalized spacial score (nSPS) is 19.3. The minimum Gasteiger partial charge on any atom is -0.493 e. The van der Waals surface area contributed by atoms with Crippen molar-refractivity contribution in [2.45, 2.75) is 20.3 Å². The van der Waals surface area contributed by atoms with Crippen LogP contribution < -0.4 is 9.47 Å². The van der Waals surface area contributed by atoms with Crippen LogP contribution in [0.5, 0.6) is 11.5 Å². The predicted molar refractivity (Wildman–Crippen MR) is 123 cm³/mol. The molecule has 0 N–H and O–H groups in total. The Morgan fingerprint density at radius 3 is 2.12 bits per heavy atom. The molecular weight excluding hydrogens is 432 g/mol. The third-order valence-corrected chi connectivity index (χ3v) is 8.04. The average Bonchev–Trinajstić information content (AvgIpc) is 2.79. The van der Waals surface area contributed by atoms with E-state index in [1.54, 1.807) is 34.5 Å². The van der Waals surface area contributed by atoms with Gasteiger partial charge < -0.3 is 19.3 Å². The van der Waals surface area contributed by atoms with Gasteiger partial charge in [0, 0.05) is 57.9 Å². The van der Waals surface area contributed by atoms with Crippen molar-refractivity contribution in [3.05, 3.63) is 23.8 Å². The molecule has 0 aromatic heterocycles. The Morgan fingerprint density at radius 2 is 1.56 bits per heavy atom. The van der Waals surface area contributed by atoms with E-state index < -0.39 is 10.2 Å². The molecule has 32 heavy (non-hydrogen) atoms. The van der Waals surface area contributed by atoms with Crippen LogP contribution in [0, 0.1) is 5.92 Å². The molecule has 2 saturated heterocycles. The van der Waals surface area contributed by atoms with E-state index in [1.807, 2.05) is 7.05 Å². The minimum atomic E-state index is -3.49. The van der Waals surface area contributed by atoms with Gasteiger partial charge in [-0.15, -0.1) is 0 Å². The number of likely N-dealkylation sites (N-methyl/N-ethyl adjacent to an activating group) is 1. The van der Waals surface area contributed by atoms with Gasteiger partial charge >= 0.3 is 0 Å². The summed E-state index contributed by atoms with van der Waals surface area (Å²) in [4.78, 5) is 16.8. The van der Waals surface area contributed by atoms with Crippen LogP contribution in [-0.2, 0) is 10.2 Å². The van der Waals surface area contributed by atoms with Gasteiger partial charge in [-0.2, -0.15) is 17.0 Å². The van der Waals surface area contributed by atoms with Gasteiger partial charge in [-0.3, -0.25) is 4.79 Å². The van der Waals surface area contributed by atoms with Crippen molar-refractivity contribution in [3.8, 4) is 11.5 Å². The van der Waals surface area contributed by atoms with E-state index in [2.05, 4.69) is 18.7 Å². The third-order valence-electron chi connectivity index (χ3n) is 6.00. The Morgan fingerprint density at radius 1 is 0.969 bits per heavy atom. The topological polar surface area (TPSA) is 82.6 Å². The van der Waals surface area contributed by atoms with Crippen LogP contribution in [0.25, 0.3) is 0 Å². The summed E-state index contributed by atoms with van der Waals surface area (Å²) in [6.07, 6.45) is 0.936. The van der Waals surface area contributed by atoms with Gasteiger partial charge in [-0.1, -0.05) is 13.8 Å². The van der Waals surface area contributed by atoms with Crippen LogP contribution in [0.2, 0.25) is 0 Å². The van der Waals surface area contributed by atoms with Gasteiger partial charge in [-0.25, -0.2) is 0 Å². The lowest BCUT2D eigenvalue weighted by atomic mass is 10.1. The fourth-order valence-corrected chi connectivity index (χ4v) is 5.39. The highest BCUT2D eigenvalue weighted by Gasteiger charge is 2.34. The van der Waals surface area contributed by atoms with Crippen molar-refractivity contribution in [2.75, 3.05) is 73.1 Å². The molecule has 0 saturated carbocycles. The van der Waals surface area contributed by atoms with Crippen molar-refractivity contribution in [2.24, 2.45) is 5.92 Å². The van der Waals surface area contributed by atoms with Crippen LogP contribution in [0.15, 0.2) is 18.2 Å². The zero-order valence-electron chi connectivity index (χ0n) is 19.6. The van der Waals surface area contributed by atoms with E-state index in [4.69, 9.17) is 9.47 Å². The predicted octanol–water partition coefficient (Wildman–Crippen LogP) is 1.37. The summed E-state index contributed by atoms with van der Waals surface area (Å²) in [7, 11) is 0.0620. The van der Waals surface area contributed by atoms with E-state index in [-0.39, 0.29) is 5.91 Å². The number of carbonyl (C=O) groups excluding carboxylic acids is 1. The van der Waals surface area contributed by atoms with Crippen molar-refractivity contribution >= 4 is 16.1 Å². The third kappa shape index (κ3) is 5.92. The zero-order valence-corrected chi connectivity index (χ0v) is 20.4. The number of piperazine rings is 2. The summed E-state index contributed by atoms with van der Waals surface area (Å²) in [5.74, 6) is 1.55. The van der Waals surface area contributed by atoms with Crippen LogP contribution in [0.3, 0.4) is 0 Å². The lowest BCUT2D eigenvalue weighted by Crippen LogP contribution is -2.57. The molecule has 0 spiro atoms. The molecule has 1 aromatic carbocycles. The van der Waals surface area contributed by atoms with Crippen molar-refractivity contribution in [1.82, 2.24) is 18.4 Å². The quantitative estimate of drug-likeness (QED) is 0.573. The number of carbonyl (C=O) groups is 1. The summed E-state index contributed by atoms with van der Waals surface area (Å²) in [5.41, 5.74) is 0.508. The highest BCUT2D eigenvalue weighted by atomic mass is 32.2. The van der Waals surface area contributed by atoms with E-state index in [1.165, 1.54) is 4.31 Å². The average molecular weight is 469 g/mol. The molecule has 1 amide bonds. The lowest BCUT2D eigenvalue weighted by Gasteiger charge is -2.39. The molecule has 10 heteroatoms. The first-order valence-corrected chi connectivity index (χ1v) is 12.7. The van der Waals surface area contributed by atoms with E-state index >= 15 is 0 Å². The first kappa shape index (κ1) is 24.8. The number of ether oxygens (including phenoxy) is 2. The summed E-state index contributed by atoms with van der Waals surface area (Å²) in [6, 6.07) is 5.20. The van der Waals surface area contributed by atoms with Crippen LogP contribution in [-0.4, -0.2) is 106 Å². The Balaban J connectivity index is 1.59. The monoisotopic (exact) mass is 468 g/mol. The first-order chi connectivity index (χ1) is 15.2. The Kier molecular flexibility index (Phi) is 8.37. The smallest absolute Gasteiger partial charge is 0.282 e. The molecule has 0 atom stereocenters. The molecule has 1 aromatic rings. The molecule has 180 valence electrons. The molecule has 2 aliphatic heterocycles. The molecule has 2 aliphatic rings. The summed E-state index contributed by atoms with van der Waals surface area (Å²) in [6.45, 7) is 8.66. The summed E-state index contributed by atoms with van der Waals surface area (Å²) in [5, 5.41) is 0. The Bertz CT molecular complexity index is 876. The van der Waals surface area contributed by atoms with Crippen molar-refractivity contribution < 1.29 is 22.7 Å². The van der Waals surface area contributed by atoms with Crippen LogP contribution in [0.4, 0.5) is 0 Å². The lowest BCUT2D eigenvalue weighted by molar-refractivity contribution is 0.0691. The maximum absolute atomic E-state index is 13.0. The van der Waals surface area contributed by atoms with Gasteiger partial charge in [0.2, 0.25) is 0 Å².